The molecular weight excluding hydrogens is 340 g/mol. The van der Waals surface area contributed by atoms with Gasteiger partial charge in [-0.15, -0.1) is 0 Å². The number of likely N-dealkylation sites (tertiary alicyclic amines) is 1. The molecule has 0 bridgehead atoms. The third-order valence-corrected chi connectivity index (χ3v) is 5.66. The highest BCUT2D eigenvalue weighted by molar-refractivity contribution is 5.95. The first-order valence-electron chi connectivity index (χ1n) is 10.2. The highest BCUT2D eigenvalue weighted by Gasteiger charge is 2.25. The second-order valence-electron chi connectivity index (χ2n) is 7.56. The average molecular weight is 373 g/mol. The molecule has 2 amide bonds. The molecule has 0 N–H and O–H groups in total. The lowest BCUT2D eigenvalue weighted by Gasteiger charge is -2.35. The number of amides is 2. The van der Waals surface area contributed by atoms with E-state index in [2.05, 4.69) is 9.80 Å². The largest absolute Gasteiger partial charge is 0.342 e. The maximum absolute atomic E-state index is 12.8. The summed E-state index contributed by atoms with van der Waals surface area (Å²) < 4.78 is 0. The van der Waals surface area contributed by atoms with Crippen molar-refractivity contribution in [3.05, 3.63) is 29.8 Å². The minimum Gasteiger partial charge on any atom is -0.342 e. The van der Waals surface area contributed by atoms with E-state index in [1.54, 1.807) is 0 Å². The van der Waals surface area contributed by atoms with Gasteiger partial charge in [-0.3, -0.25) is 19.4 Å². The number of carbonyl (C=O) groups is 2. The predicted molar refractivity (Wildman–Crippen MR) is 108 cm³/mol. The summed E-state index contributed by atoms with van der Waals surface area (Å²) in [6.07, 6.45) is 2.27. The summed E-state index contributed by atoms with van der Waals surface area (Å²) in [5, 5.41) is 0. The van der Waals surface area contributed by atoms with Crippen molar-refractivity contribution in [1.82, 2.24) is 14.7 Å². The lowest BCUT2D eigenvalue weighted by Crippen LogP contribution is -2.52. The maximum Gasteiger partial charge on any atom is 0.241 e. The van der Waals surface area contributed by atoms with Crippen molar-refractivity contribution in [2.24, 2.45) is 0 Å². The number of likely N-dealkylation sites (N-methyl/N-ethyl adjacent to an activating group) is 1. The van der Waals surface area contributed by atoms with Gasteiger partial charge in [0.05, 0.1) is 13.1 Å². The molecule has 2 heterocycles. The normalized spacial score (nSPS) is 18.7. The van der Waals surface area contributed by atoms with Gasteiger partial charge in [0.15, 0.2) is 0 Å². The molecule has 3 rings (SSSR count). The highest BCUT2D eigenvalue weighted by atomic mass is 16.2. The Hall–Kier alpha value is -1.92. The molecule has 2 aliphatic rings. The van der Waals surface area contributed by atoms with Crippen molar-refractivity contribution >= 4 is 17.5 Å². The van der Waals surface area contributed by atoms with Crippen LogP contribution in [0.15, 0.2) is 24.3 Å². The fourth-order valence-corrected chi connectivity index (χ4v) is 3.99. The van der Waals surface area contributed by atoms with Crippen LogP contribution in [0.3, 0.4) is 0 Å². The summed E-state index contributed by atoms with van der Waals surface area (Å²) in [5.74, 6) is 0.405. The van der Waals surface area contributed by atoms with Crippen molar-refractivity contribution in [2.45, 2.75) is 26.7 Å². The minimum atomic E-state index is 0.147. The molecule has 2 fully saturated rings. The van der Waals surface area contributed by atoms with Crippen molar-refractivity contribution in [3.63, 3.8) is 0 Å². The van der Waals surface area contributed by atoms with Crippen LogP contribution >= 0.6 is 0 Å². The molecule has 1 aromatic rings. The number of aryl methyl sites for hydroxylation is 1. The number of anilines is 1. The molecule has 2 aliphatic heterocycles. The van der Waals surface area contributed by atoms with Crippen LogP contribution < -0.4 is 4.90 Å². The van der Waals surface area contributed by atoms with E-state index in [-0.39, 0.29) is 11.8 Å². The van der Waals surface area contributed by atoms with E-state index in [1.165, 1.54) is 0 Å². The van der Waals surface area contributed by atoms with Crippen LogP contribution in [0.1, 0.15) is 25.3 Å². The topological polar surface area (TPSA) is 47.1 Å². The fourth-order valence-electron chi connectivity index (χ4n) is 3.99. The molecule has 0 radical (unpaired) electrons. The van der Waals surface area contributed by atoms with Gasteiger partial charge in [-0.05, 0) is 38.3 Å². The number of nitrogens with zero attached hydrogens (tertiary/aromatic N) is 4. The molecule has 6 nitrogen and oxygen atoms in total. The van der Waals surface area contributed by atoms with Crippen LogP contribution in [-0.4, -0.2) is 85.4 Å². The van der Waals surface area contributed by atoms with Crippen LogP contribution in [0.25, 0.3) is 0 Å². The van der Waals surface area contributed by atoms with E-state index in [4.69, 9.17) is 0 Å². The number of benzene rings is 1. The number of hydrogen-bond donors (Lipinski definition) is 0. The first kappa shape index (κ1) is 19.8. The number of para-hydroxylation sites is 1. The Balaban J connectivity index is 1.47. The zero-order valence-electron chi connectivity index (χ0n) is 16.7. The molecule has 148 valence electrons. The van der Waals surface area contributed by atoms with E-state index in [9.17, 15) is 9.59 Å². The summed E-state index contributed by atoms with van der Waals surface area (Å²) in [6.45, 7) is 10.9. The first-order valence-corrected chi connectivity index (χ1v) is 10.2. The molecule has 27 heavy (non-hydrogen) atoms. The molecule has 0 saturated carbocycles. The van der Waals surface area contributed by atoms with Crippen LogP contribution in [-0.2, 0) is 9.59 Å². The molecule has 0 aromatic heterocycles. The van der Waals surface area contributed by atoms with Gasteiger partial charge in [0.2, 0.25) is 11.8 Å². The van der Waals surface area contributed by atoms with Gasteiger partial charge in [0, 0.05) is 51.5 Å². The Morgan fingerprint density at radius 2 is 1.52 bits per heavy atom. The van der Waals surface area contributed by atoms with Crippen molar-refractivity contribution in [2.75, 3.05) is 63.8 Å². The van der Waals surface area contributed by atoms with E-state index >= 15 is 0 Å². The Bertz CT molecular complexity index is 649. The maximum atomic E-state index is 12.8. The minimum absolute atomic E-state index is 0.147. The zero-order chi connectivity index (χ0) is 19.2. The third kappa shape index (κ3) is 5.08. The number of rotatable bonds is 6. The van der Waals surface area contributed by atoms with E-state index in [0.717, 1.165) is 63.4 Å². The molecule has 0 aliphatic carbocycles. The Morgan fingerprint density at radius 3 is 2.11 bits per heavy atom. The Morgan fingerprint density at radius 1 is 0.926 bits per heavy atom. The summed E-state index contributed by atoms with van der Waals surface area (Å²) in [7, 11) is 0. The molecule has 6 heteroatoms. The molecule has 0 atom stereocenters. The van der Waals surface area contributed by atoms with Gasteiger partial charge in [-0.2, -0.15) is 0 Å². The van der Waals surface area contributed by atoms with Gasteiger partial charge in [-0.25, -0.2) is 0 Å². The SMILES string of the molecule is CCN(C(=O)CN1CCN(CC(=O)N2CCCC2)CC1)c1ccccc1C. The number of piperazine rings is 1. The van der Waals surface area contributed by atoms with Gasteiger partial charge in [0.25, 0.3) is 0 Å². The highest BCUT2D eigenvalue weighted by Crippen LogP contribution is 2.19. The summed E-state index contributed by atoms with van der Waals surface area (Å²) in [4.78, 5) is 33.4. The molecule has 2 saturated heterocycles. The fraction of sp³-hybridized carbons (Fsp3) is 0.619. The lowest BCUT2D eigenvalue weighted by atomic mass is 10.1. The van der Waals surface area contributed by atoms with Crippen LogP contribution in [0.4, 0.5) is 5.69 Å². The lowest BCUT2D eigenvalue weighted by molar-refractivity contribution is -0.132. The second kappa shape index (κ2) is 9.33. The van der Waals surface area contributed by atoms with Crippen molar-refractivity contribution in [3.8, 4) is 0 Å². The molecule has 0 spiro atoms. The van der Waals surface area contributed by atoms with E-state index in [1.807, 2.05) is 47.9 Å². The first-order chi connectivity index (χ1) is 13.1. The van der Waals surface area contributed by atoms with Crippen LogP contribution in [0.5, 0.6) is 0 Å². The zero-order valence-corrected chi connectivity index (χ0v) is 16.7. The van der Waals surface area contributed by atoms with Gasteiger partial charge in [-0.1, -0.05) is 18.2 Å². The van der Waals surface area contributed by atoms with Crippen LogP contribution in [0, 0.1) is 6.92 Å². The van der Waals surface area contributed by atoms with Crippen LogP contribution in [0.2, 0.25) is 0 Å². The monoisotopic (exact) mass is 372 g/mol. The molecule has 0 unspecified atom stereocenters. The van der Waals surface area contributed by atoms with Crippen molar-refractivity contribution in [1.29, 1.82) is 0 Å². The Labute approximate surface area is 162 Å². The van der Waals surface area contributed by atoms with E-state index < -0.39 is 0 Å². The second-order valence-corrected chi connectivity index (χ2v) is 7.56. The summed E-state index contributed by atoms with van der Waals surface area (Å²) in [6, 6.07) is 8.04. The average Bonchev–Trinajstić information content (AvgIpc) is 3.20. The smallest absolute Gasteiger partial charge is 0.241 e. The van der Waals surface area contributed by atoms with E-state index in [0.29, 0.717) is 19.6 Å². The number of carbonyl (C=O) groups excluding carboxylic acids is 2. The molecule has 1 aromatic carbocycles. The van der Waals surface area contributed by atoms with Crippen molar-refractivity contribution < 1.29 is 9.59 Å². The van der Waals surface area contributed by atoms with Gasteiger partial charge in [0.1, 0.15) is 0 Å². The van der Waals surface area contributed by atoms with Gasteiger partial charge >= 0.3 is 0 Å². The quantitative estimate of drug-likeness (QED) is 0.761. The van der Waals surface area contributed by atoms with Gasteiger partial charge < -0.3 is 9.80 Å². The number of hydrogen-bond acceptors (Lipinski definition) is 4. The Kier molecular flexibility index (Phi) is 6.85. The summed E-state index contributed by atoms with van der Waals surface area (Å²) in [5.41, 5.74) is 2.12. The standard InChI is InChI=1S/C21H32N4O2/c1-3-25(19-9-5-4-8-18(19)2)21(27)17-23-14-12-22(13-15-23)16-20(26)24-10-6-7-11-24/h4-5,8-9H,3,6-7,10-17H2,1-2H3. The third-order valence-electron chi connectivity index (χ3n) is 5.66. The molecular formula is C21H32N4O2. The predicted octanol–water partition coefficient (Wildman–Crippen LogP) is 1.59. The summed E-state index contributed by atoms with van der Waals surface area (Å²) >= 11 is 0.